The number of benzene rings is 3. The van der Waals surface area contributed by atoms with Gasteiger partial charge in [-0.2, -0.15) is 0 Å². The van der Waals surface area contributed by atoms with E-state index in [4.69, 9.17) is 8.92 Å². The minimum atomic E-state index is -2.21. The lowest BCUT2D eigenvalue weighted by Crippen LogP contribution is -2.13. The van der Waals surface area contributed by atoms with Gasteiger partial charge in [-0.15, -0.1) is 0 Å². The number of unbranched alkanes of at least 4 members (excludes halogenated alkanes) is 7. The molecular formula is C31H40O3S. The van der Waals surface area contributed by atoms with E-state index in [2.05, 4.69) is 43.3 Å². The van der Waals surface area contributed by atoms with E-state index >= 15 is 0 Å². The van der Waals surface area contributed by atoms with Crippen molar-refractivity contribution in [1.82, 2.24) is 0 Å². The minimum Gasteiger partial charge on any atom is -0.494 e. The summed E-state index contributed by atoms with van der Waals surface area (Å²) in [6.07, 6.45) is 10.6. The monoisotopic (exact) mass is 492 g/mol. The Morgan fingerprint density at radius 3 is 1.63 bits per heavy atom. The van der Waals surface area contributed by atoms with E-state index in [1.54, 1.807) is 0 Å². The van der Waals surface area contributed by atoms with Crippen LogP contribution in [0.1, 0.15) is 71.6 Å². The van der Waals surface area contributed by atoms with Gasteiger partial charge in [0.2, 0.25) is 0 Å². The van der Waals surface area contributed by atoms with Gasteiger partial charge in [0.25, 0.3) is 0 Å². The fourth-order valence-electron chi connectivity index (χ4n) is 4.13. The second kappa shape index (κ2) is 14.6. The van der Waals surface area contributed by atoms with Crippen LogP contribution in [0.3, 0.4) is 0 Å². The van der Waals surface area contributed by atoms with Gasteiger partial charge in [-0.25, -0.2) is 0 Å². The number of ether oxygens (including phenoxy) is 1. The highest BCUT2D eigenvalue weighted by atomic mass is 32.3. The topological polar surface area (TPSA) is 35.5 Å². The largest absolute Gasteiger partial charge is 0.494 e. The summed E-state index contributed by atoms with van der Waals surface area (Å²) in [5, 5.41) is 0. The fraction of sp³-hybridized carbons (Fsp3) is 0.387. The Hall–Kier alpha value is -2.72. The third-order valence-electron chi connectivity index (χ3n) is 6.08. The lowest BCUT2D eigenvalue weighted by molar-refractivity contribution is -0.133. The first kappa shape index (κ1) is 26.9. The second-order valence-electron chi connectivity index (χ2n) is 8.79. The summed E-state index contributed by atoms with van der Waals surface area (Å²) in [7, 11) is -2.21. The molecule has 0 heterocycles. The van der Waals surface area contributed by atoms with E-state index in [1.165, 1.54) is 44.9 Å². The van der Waals surface area contributed by atoms with Crippen LogP contribution >= 0.6 is 10.3 Å². The Morgan fingerprint density at radius 2 is 1.11 bits per heavy atom. The van der Waals surface area contributed by atoms with E-state index in [9.17, 15) is 4.79 Å². The van der Waals surface area contributed by atoms with E-state index in [0.29, 0.717) is 6.42 Å². The average Bonchev–Trinajstić information content (AvgIpc) is 2.92. The zero-order valence-corrected chi connectivity index (χ0v) is 22.1. The van der Waals surface area contributed by atoms with Crippen LogP contribution in [0.5, 0.6) is 5.75 Å². The molecule has 0 unspecified atom stereocenters. The predicted octanol–water partition coefficient (Wildman–Crippen LogP) is 9.36. The first-order valence-electron chi connectivity index (χ1n) is 13.1. The molecule has 3 nitrogen and oxygen atoms in total. The maximum absolute atomic E-state index is 12.7. The van der Waals surface area contributed by atoms with Crippen molar-refractivity contribution in [2.24, 2.45) is 0 Å². The van der Waals surface area contributed by atoms with Gasteiger partial charge in [0.05, 0.1) is 6.61 Å². The molecule has 3 aromatic carbocycles. The molecule has 0 aliphatic carbocycles. The van der Waals surface area contributed by atoms with Gasteiger partial charge in [0, 0.05) is 21.1 Å². The molecule has 188 valence electrons. The van der Waals surface area contributed by atoms with Crippen LogP contribution in [0.15, 0.2) is 99.6 Å². The molecule has 0 amide bonds. The van der Waals surface area contributed by atoms with Crippen molar-refractivity contribution in [2.75, 3.05) is 6.61 Å². The summed E-state index contributed by atoms with van der Waals surface area (Å²) in [4.78, 5) is 15.7. The van der Waals surface area contributed by atoms with Crippen molar-refractivity contribution in [3.8, 4) is 5.75 Å². The molecule has 4 heteroatoms. The van der Waals surface area contributed by atoms with E-state index in [0.717, 1.165) is 33.5 Å². The zero-order valence-electron chi connectivity index (χ0n) is 21.3. The van der Waals surface area contributed by atoms with Crippen molar-refractivity contribution >= 4 is 16.3 Å². The van der Waals surface area contributed by atoms with E-state index < -0.39 is 10.3 Å². The molecule has 0 saturated carbocycles. The van der Waals surface area contributed by atoms with Crippen LogP contribution in [0.2, 0.25) is 0 Å². The molecule has 3 aromatic rings. The molecule has 0 saturated heterocycles. The molecule has 0 bridgehead atoms. The highest BCUT2D eigenvalue weighted by Crippen LogP contribution is 2.69. The van der Waals surface area contributed by atoms with Gasteiger partial charge < -0.3 is 8.92 Å². The average molecular weight is 493 g/mol. The van der Waals surface area contributed by atoms with Crippen LogP contribution in [0.25, 0.3) is 0 Å². The van der Waals surface area contributed by atoms with Crippen molar-refractivity contribution in [1.29, 1.82) is 0 Å². The molecule has 0 atom stereocenters. The quantitative estimate of drug-likeness (QED) is 0.198. The zero-order chi connectivity index (χ0) is 24.8. The molecule has 0 radical (unpaired) electrons. The van der Waals surface area contributed by atoms with Gasteiger partial charge in [-0.1, -0.05) is 95.2 Å². The summed E-state index contributed by atoms with van der Waals surface area (Å²) in [5.41, 5.74) is 0. The number of hydrogen-bond acceptors (Lipinski definition) is 3. The molecular weight excluding hydrogens is 452 g/mol. The van der Waals surface area contributed by atoms with E-state index in [-0.39, 0.29) is 5.97 Å². The number of rotatable bonds is 15. The highest BCUT2D eigenvalue weighted by molar-refractivity contribution is 8.30. The SMILES string of the molecule is CCCCCCCCCCOc1ccc(S(OC(=O)CC)(c2ccccc2)c2ccccc2)cc1. The molecule has 3 rings (SSSR count). The standard InChI is InChI=1S/C31H40O3S/c1-3-5-6-7-8-9-10-17-26-33-27-22-24-30(25-23-27)35(34-31(32)4-2,28-18-13-11-14-19-28)29-20-15-12-16-21-29/h11-16,18-25H,3-10,17,26H2,1-2H3. The first-order chi connectivity index (χ1) is 17.2. The molecule has 0 spiro atoms. The predicted molar refractivity (Wildman–Crippen MR) is 146 cm³/mol. The van der Waals surface area contributed by atoms with Gasteiger partial charge in [-0.05, 0) is 65.3 Å². The Kier molecular flexibility index (Phi) is 11.2. The molecule has 0 aliphatic heterocycles. The molecule has 35 heavy (non-hydrogen) atoms. The molecule has 0 fully saturated rings. The number of carbonyl (C=O) groups is 1. The first-order valence-corrected chi connectivity index (χ1v) is 14.6. The van der Waals surface area contributed by atoms with Crippen molar-refractivity contribution in [2.45, 2.75) is 86.3 Å². The van der Waals surface area contributed by atoms with Crippen molar-refractivity contribution in [3.63, 3.8) is 0 Å². The molecule has 0 aliphatic rings. The second-order valence-corrected chi connectivity index (χ2v) is 11.5. The van der Waals surface area contributed by atoms with Crippen LogP contribution in [0, 0.1) is 0 Å². The summed E-state index contributed by atoms with van der Waals surface area (Å²) >= 11 is 0. The summed E-state index contributed by atoms with van der Waals surface area (Å²) in [5.74, 6) is 0.649. The Bertz CT molecular complexity index is 947. The Morgan fingerprint density at radius 1 is 0.629 bits per heavy atom. The van der Waals surface area contributed by atoms with Gasteiger partial charge in [0.1, 0.15) is 5.75 Å². The lowest BCUT2D eigenvalue weighted by Gasteiger charge is -2.39. The Balaban J connectivity index is 1.74. The summed E-state index contributed by atoms with van der Waals surface area (Å²) in [6.45, 7) is 4.82. The highest BCUT2D eigenvalue weighted by Gasteiger charge is 2.35. The van der Waals surface area contributed by atoms with Crippen molar-refractivity contribution in [3.05, 3.63) is 84.9 Å². The van der Waals surface area contributed by atoms with Gasteiger partial charge in [-0.3, -0.25) is 4.79 Å². The number of hydrogen-bond donors (Lipinski definition) is 0. The third kappa shape index (κ3) is 7.63. The third-order valence-corrected chi connectivity index (χ3v) is 9.32. The number of carbonyl (C=O) groups excluding carboxylic acids is 1. The van der Waals surface area contributed by atoms with Crippen LogP contribution in [-0.2, 0) is 8.98 Å². The Labute approximate surface area is 213 Å². The summed E-state index contributed by atoms with van der Waals surface area (Å²) in [6, 6.07) is 28.3. The summed E-state index contributed by atoms with van der Waals surface area (Å²) < 4.78 is 12.4. The molecule has 0 N–H and O–H groups in total. The van der Waals surface area contributed by atoms with Crippen LogP contribution in [0.4, 0.5) is 0 Å². The normalized spacial score (nSPS) is 11.7. The van der Waals surface area contributed by atoms with E-state index in [1.807, 2.05) is 55.5 Å². The maximum atomic E-state index is 12.7. The van der Waals surface area contributed by atoms with Gasteiger partial charge in [0.15, 0.2) is 0 Å². The van der Waals surface area contributed by atoms with Crippen LogP contribution in [-0.4, -0.2) is 12.6 Å². The minimum absolute atomic E-state index is 0.206. The van der Waals surface area contributed by atoms with Crippen LogP contribution < -0.4 is 4.74 Å². The maximum Gasteiger partial charge on any atom is 0.316 e. The smallest absolute Gasteiger partial charge is 0.316 e. The van der Waals surface area contributed by atoms with Gasteiger partial charge >= 0.3 is 5.97 Å². The van der Waals surface area contributed by atoms with Crippen molar-refractivity contribution < 1.29 is 13.7 Å². The molecule has 0 aromatic heterocycles. The fourth-order valence-corrected chi connectivity index (χ4v) is 7.23. The lowest BCUT2D eigenvalue weighted by atomic mass is 10.1.